The maximum Gasteiger partial charge on any atom is 0.0541 e. The van der Waals surface area contributed by atoms with Gasteiger partial charge in [-0.1, -0.05) is 200 Å². The van der Waals surface area contributed by atoms with Crippen LogP contribution in [-0.2, 0) is 0 Å². The van der Waals surface area contributed by atoms with Gasteiger partial charge in [0.1, 0.15) is 0 Å². The third kappa shape index (κ3) is 7.02. The fourth-order valence-corrected chi connectivity index (χ4v) is 9.89. The first-order valence-corrected chi connectivity index (χ1v) is 22.7. The highest BCUT2D eigenvalue weighted by atomic mass is 15.1. The fraction of sp³-hybridized carbons (Fsp3) is 0. The van der Waals surface area contributed by atoms with Crippen molar-refractivity contribution in [3.8, 4) is 61.3 Å². The number of rotatable bonds is 9. The number of benzene rings is 11. The van der Waals surface area contributed by atoms with Gasteiger partial charge in [0, 0.05) is 33.5 Å². The zero-order chi connectivity index (χ0) is 43.8. The molecular weight excluding hydrogens is 797 g/mol. The van der Waals surface area contributed by atoms with Crippen LogP contribution in [0.3, 0.4) is 0 Å². The van der Waals surface area contributed by atoms with Crippen molar-refractivity contribution in [1.29, 1.82) is 0 Å². The molecule has 66 heavy (non-hydrogen) atoms. The monoisotopic (exact) mass is 840 g/mol. The summed E-state index contributed by atoms with van der Waals surface area (Å²) in [6.07, 6.45) is 0. The number of para-hydroxylation sites is 2. The Balaban J connectivity index is 0.958. The largest absolute Gasteiger partial charge is 0.310 e. The molecule has 1 aromatic heterocycles. The summed E-state index contributed by atoms with van der Waals surface area (Å²) in [5.41, 5.74) is 18.7. The molecule has 0 saturated heterocycles. The Morgan fingerprint density at radius 1 is 0.242 bits per heavy atom. The molecule has 0 aliphatic heterocycles. The molecule has 0 aliphatic carbocycles. The van der Waals surface area contributed by atoms with Gasteiger partial charge >= 0.3 is 0 Å². The molecule has 2 heteroatoms. The van der Waals surface area contributed by atoms with Crippen molar-refractivity contribution < 1.29 is 0 Å². The van der Waals surface area contributed by atoms with E-state index in [9.17, 15) is 0 Å². The number of hydrogen-bond donors (Lipinski definition) is 0. The van der Waals surface area contributed by atoms with Crippen molar-refractivity contribution in [2.24, 2.45) is 0 Å². The molecule has 1 heterocycles. The van der Waals surface area contributed by atoms with Gasteiger partial charge in [-0.25, -0.2) is 0 Å². The average molecular weight is 841 g/mol. The van der Waals surface area contributed by atoms with Crippen LogP contribution >= 0.6 is 0 Å². The smallest absolute Gasteiger partial charge is 0.0541 e. The summed E-state index contributed by atoms with van der Waals surface area (Å²) in [7, 11) is 0. The third-order valence-corrected chi connectivity index (χ3v) is 13.0. The molecule has 11 aromatic carbocycles. The second-order valence-electron chi connectivity index (χ2n) is 16.9. The molecular formula is C64H44N2. The predicted octanol–water partition coefficient (Wildman–Crippen LogP) is 17.7. The van der Waals surface area contributed by atoms with Crippen LogP contribution in [0, 0.1) is 0 Å². The Bertz CT molecular complexity index is 3640. The lowest BCUT2D eigenvalue weighted by atomic mass is 9.87. The molecule has 12 aromatic rings. The highest BCUT2D eigenvalue weighted by Crippen LogP contribution is 2.43. The molecule has 0 atom stereocenters. The summed E-state index contributed by atoms with van der Waals surface area (Å²) in [5.74, 6) is 0. The van der Waals surface area contributed by atoms with E-state index in [0.29, 0.717) is 0 Å². The van der Waals surface area contributed by atoms with Crippen molar-refractivity contribution in [1.82, 2.24) is 4.57 Å². The molecule has 2 nitrogen and oxygen atoms in total. The van der Waals surface area contributed by atoms with Crippen LogP contribution in [0.1, 0.15) is 0 Å². The quantitative estimate of drug-likeness (QED) is 0.141. The molecule has 0 amide bonds. The fourth-order valence-electron chi connectivity index (χ4n) is 9.89. The Labute approximate surface area is 385 Å². The van der Waals surface area contributed by atoms with Gasteiger partial charge in [0.2, 0.25) is 0 Å². The molecule has 0 saturated carbocycles. The van der Waals surface area contributed by atoms with Crippen molar-refractivity contribution in [2.45, 2.75) is 0 Å². The molecule has 0 fully saturated rings. The van der Waals surface area contributed by atoms with Crippen LogP contribution in [0.2, 0.25) is 0 Å². The van der Waals surface area contributed by atoms with E-state index in [1.807, 2.05) is 0 Å². The molecule has 0 bridgehead atoms. The van der Waals surface area contributed by atoms with Crippen LogP contribution in [-0.4, -0.2) is 4.57 Å². The molecule has 0 N–H and O–H groups in total. The lowest BCUT2D eigenvalue weighted by molar-refractivity contribution is 1.17. The van der Waals surface area contributed by atoms with E-state index < -0.39 is 0 Å². The topological polar surface area (TPSA) is 8.17 Å². The predicted molar refractivity (Wildman–Crippen MR) is 280 cm³/mol. The zero-order valence-corrected chi connectivity index (χ0v) is 36.3. The van der Waals surface area contributed by atoms with E-state index in [1.54, 1.807) is 0 Å². The Morgan fingerprint density at radius 2 is 0.667 bits per heavy atom. The van der Waals surface area contributed by atoms with Crippen molar-refractivity contribution in [3.63, 3.8) is 0 Å². The SMILES string of the molecule is c1ccc(-c2ccccc2-c2ccccc2-c2ccccc2-c2ccc(N(c3ccc(-n4c5ccccc5c5ccccc54)cc3)c3cccc(-c4ccc5ccccc5c4)c3)cc2)cc1. The molecule has 0 spiro atoms. The number of fused-ring (bicyclic) bond motifs is 4. The van der Waals surface area contributed by atoms with Gasteiger partial charge < -0.3 is 9.47 Å². The van der Waals surface area contributed by atoms with E-state index in [2.05, 4.69) is 276 Å². The highest BCUT2D eigenvalue weighted by molar-refractivity contribution is 6.09. The van der Waals surface area contributed by atoms with Gasteiger partial charge in [-0.05, 0) is 133 Å². The van der Waals surface area contributed by atoms with Crippen LogP contribution in [0.15, 0.2) is 267 Å². The lowest BCUT2D eigenvalue weighted by Crippen LogP contribution is -2.10. The van der Waals surface area contributed by atoms with Crippen molar-refractivity contribution in [2.75, 3.05) is 4.90 Å². The second kappa shape index (κ2) is 16.8. The van der Waals surface area contributed by atoms with Crippen LogP contribution in [0.25, 0.3) is 93.9 Å². The van der Waals surface area contributed by atoms with Crippen molar-refractivity contribution >= 4 is 49.6 Å². The summed E-state index contributed by atoms with van der Waals surface area (Å²) in [5, 5.41) is 4.99. The molecule has 0 radical (unpaired) electrons. The maximum absolute atomic E-state index is 2.38. The van der Waals surface area contributed by atoms with E-state index in [0.717, 1.165) is 28.3 Å². The first kappa shape index (κ1) is 38.9. The van der Waals surface area contributed by atoms with E-state index in [4.69, 9.17) is 0 Å². The number of aromatic nitrogens is 1. The summed E-state index contributed by atoms with van der Waals surface area (Å²) in [4.78, 5) is 2.38. The normalized spacial score (nSPS) is 11.3. The van der Waals surface area contributed by atoms with Gasteiger partial charge in [-0.15, -0.1) is 0 Å². The summed E-state index contributed by atoms with van der Waals surface area (Å²) < 4.78 is 2.38. The van der Waals surface area contributed by atoms with Gasteiger partial charge in [-0.2, -0.15) is 0 Å². The van der Waals surface area contributed by atoms with E-state index in [-0.39, 0.29) is 0 Å². The molecule has 0 unspecified atom stereocenters. The average Bonchev–Trinajstić information content (AvgIpc) is 3.74. The van der Waals surface area contributed by atoms with Crippen molar-refractivity contribution in [3.05, 3.63) is 267 Å². The van der Waals surface area contributed by atoms with Gasteiger partial charge in [0.05, 0.1) is 11.0 Å². The standard InChI is InChI=1S/C64H44N2/c1-2-18-46(19-3-1)55-23-6-8-25-57(55)59-27-10-11-28-60(59)58-26-9-7-24-56(58)47-35-37-51(38-36-47)65(54-22-16-21-49(44-54)50-34-33-45-17-4-5-20-48(45)43-50)52-39-41-53(42-40-52)66-63-31-14-12-29-61(63)62-30-13-15-32-64(62)66/h1-44H. The van der Waals surface area contributed by atoms with Crippen LogP contribution in [0.4, 0.5) is 17.1 Å². The maximum atomic E-state index is 2.38. The van der Waals surface area contributed by atoms with Crippen LogP contribution < -0.4 is 4.90 Å². The molecule has 12 rings (SSSR count). The molecule has 0 aliphatic rings. The second-order valence-corrected chi connectivity index (χ2v) is 16.9. The first-order chi connectivity index (χ1) is 32.7. The summed E-state index contributed by atoms with van der Waals surface area (Å²) >= 11 is 0. The Hall–Kier alpha value is -8.72. The summed E-state index contributed by atoms with van der Waals surface area (Å²) in [6.45, 7) is 0. The first-order valence-electron chi connectivity index (χ1n) is 22.7. The van der Waals surface area contributed by atoms with Gasteiger partial charge in [-0.3, -0.25) is 0 Å². The third-order valence-electron chi connectivity index (χ3n) is 13.0. The Kier molecular flexibility index (Phi) is 9.89. The van der Waals surface area contributed by atoms with Gasteiger partial charge in [0.15, 0.2) is 0 Å². The minimum atomic E-state index is 1.08. The minimum Gasteiger partial charge on any atom is -0.310 e. The minimum absolute atomic E-state index is 1.08. The highest BCUT2D eigenvalue weighted by Gasteiger charge is 2.19. The number of anilines is 3. The zero-order valence-electron chi connectivity index (χ0n) is 36.3. The number of hydrogen-bond acceptors (Lipinski definition) is 1. The summed E-state index contributed by atoms with van der Waals surface area (Å²) in [6, 6.07) is 96.9. The Morgan fingerprint density at radius 3 is 1.27 bits per heavy atom. The van der Waals surface area contributed by atoms with E-state index >= 15 is 0 Å². The van der Waals surface area contributed by atoms with Crippen LogP contribution in [0.5, 0.6) is 0 Å². The molecule has 310 valence electrons. The van der Waals surface area contributed by atoms with Gasteiger partial charge in [0.25, 0.3) is 0 Å². The van der Waals surface area contributed by atoms with E-state index in [1.165, 1.54) is 82.6 Å². The number of nitrogens with zero attached hydrogens (tertiary/aromatic N) is 2. The lowest BCUT2D eigenvalue weighted by Gasteiger charge is -2.27.